The number of nitrogens with two attached hydrogens (primary N) is 1. The van der Waals surface area contributed by atoms with Crippen LogP contribution in [0, 0.1) is 0 Å². The van der Waals surface area contributed by atoms with Crippen molar-refractivity contribution in [2.75, 3.05) is 19.8 Å². The number of anilines is 1. The number of aromatic nitrogens is 1. The Labute approximate surface area is 113 Å². The summed E-state index contributed by atoms with van der Waals surface area (Å²) in [7, 11) is 4.04. The molecule has 0 saturated heterocycles. The van der Waals surface area contributed by atoms with Gasteiger partial charge in [-0.05, 0) is 32.3 Å². The van der Waals surface area contributed by atoms with Gasteiger partial charge in [-0.1, -0.05) is 18.2 Å². The normalized spacial score (nSPS) is 10.7. The SMILES string of the molecule is CN(C)Cc1cccc(N)c1OCc1ccccn1. The zero-order valence-electron chi connectivity index (χ0n) is 11.3. The van der Waals surface area contributed by atoms with Crippen LogP contribution in [-0.4, -0.2) is 24.0 Å². The molecule has 2 N–H and O–H groups in total. The Morgan fingerprint density at radius 1 is 1.16 bits per heavy atom. The lowest BCUT2D eigenvalue weighted by Crippen LogP contribution is -2.13. The highest BCUT2D eigenvalue weighted by molar-refractivity contribution is 5.56. The Balaban J connectivity index is 2.14. The molecule has 0 saturated carbocycles. The highest BCUT2D eigenvalue weighted by Crippen LogP contribution is 2.27. The van der Waals surface area contributed by atoms with Gasteiger partial charge >= 0.3 is 0 Å². The highest BCUT2D eigenvalue weighted by Gasteiger charge is 2.09. The molecule has 0 aliphatic carbocycles. The Hall–Kier alpha value is -2.07. The molecule has 1 heterocycles. The number of nitrogens with zero attached hydrogens (tertiary/aromatic N) is 2. The fourth-order valence-electron chi connectivity index (χ4n) is 1.88. The standard InChI is InChI=1S/C15H19N3O/c1-18(2)10-12-6-5-8-14(16)15(12)19-11-13-7-3-4-9-17-13/h3-9H,10-11,16H2,1-2H3. The summed E-state index contributed by atoms with van der Waals surface area (Å²) >= 11 is 0. The summed E-state index contributed by atoms with van der Waals surface area (Å²) in [5.74, 6) is 0.752. The number of para-hydroxylation sites is 1. The van der Waals surface area contributed by atoms with Gasteiger partial charge in [0, 0.05) is 18.3 Å². The number of nitrogen functional groups attached to an aromatic ring is 1. The number of pyridine rings is 1. The topological polar surface area (TPSA) is 51.4 Å². The summed E-state index contributed by atoms with van der Waals surface area (Å²) in [4.78, 5) is 6.32. The van der Waals surface area contributed by atoms with Crippen molar-refractivity contribution >= 4 is 5.69 Å². The molecule has 1 aromatic heterocycles. The van der Waals surface area contributed by atoms with Crippen molar-refractivity contribution in [3.05, 3.63) is 53.9 Å². The van der Waals surface area contributed by atoms with E-state index in [0.29, 0.717) is 12.3 Å². The third-order valence-electron chi connectivity index (χ3n) is 2.70. The predicted octanol–water partition coefficient (Wildman–Crippen LogP) is 2.30. The number of benzene rings is 1. The number of hydrogen-bond donors (Lipinski definition) is 1. The summed E-state index contributed by atoms with van der Waals surface area (Å²) in [6.07, 6.45) is 1.76. The molecule has 0 unspecified atom stereocenters. The van der Waals surface area contributed by atoms with E-state index in [-0.39, 0.29) is 0 Å². The van der Waals surface area contributed by atoms with Gasteiger partial charge in [0.25, 0.3) is 0 Å². The summed E-state index contributed by atoms with van der Waals surface area (Å²) in [5, 5.41) is 0. The van der Waals surface area contributed by atoms with Crippen molar-refractivity contribution in [2.24, 2.45) is 0 Å². The van der Waals surface area contributed by atoms with Crippen LogP contribution in [0.2, 0.25) is 0 Å². The lowest BCUT2D eigenvalue weighted by Gasteiger charge is -2.16. The highest BCUT2D eigenvalue weighted by atomic mass is 16.5. The fourth-order valence-corrected chi connectivity index (χ4v) is 1.88. The molecule has 2 rings (SSSR count). The first-order valence-corrected chi connectivity index (χ1v) is 6.21. The van der Waals surface area contributed by atoms with Crippen LogP contribution < -0.4 is 10.5 Å². The van der Waals surface area contributed by atoms with Gasteiger partial charge in [-0.3, -0.25) is 4.98 Å². The van der Waals surface area contributed by atoms with Gasteiger partial charge in [0.15, 0.2) is 0 Å². The lowest BCUT2D eigenvalue weighted by molar-refractivity contribution is 0.293. The quantitative estimate of drug-likeness (QED) is 0.835. The third-order valence-corrected chi connectivity index (χ3v) is 2.70. The zero-order valence-corrected chi connectivity index (χ0v) is 11.3. The molecule has 0 radical (unpaired) electrons. The van der Waals surface area contributed by atoms with Crippen molar-refractivity contribution in [1.29, 1.82) is 0 Å². The van der Waals surface area contributed by atoms with Gasteiger partial charge in [0.1, 0.15) is 12.4 Å². The van der Waals surface area contributed by atoms with Gasteiger partial charge < -0.3 is 15.4 Å². The minimum atomic E-state index is 0.426. The average Bonchev–Trinajstić information content (AvgIpc) is 2.38. The van der Waals surface area contributed by atoms with Crippen LogP contribution >= 0.6 is 0 Å². The predicted molar refractivity (Wildman–Crippen MR) is 76.8 cm³/mol. The average molecular weight is 257 g/mol. The first-order valence-electron chi connectivity index (χ1n) is 6.21. The van der Waals surface area contributed by atoms with E-state index in [1.165, 1.54) is 0 Å². The molecular weight excluding hydrogens is 238 g/mol. The van der Waals surface area contributed by atoms with Crippen LogP contribution in [-0.2, 0) is 13.2 Å². The fraction of sp³-hybridized carbons (Fsp3) is 0.267. The molecule has 1 aromatic carbocycles. The maximum absolute atomic E-state index is 6.00. The van der Waals surface area contributed by atoms with Crippen LogP contribution in [0.25, 0.3) is 0 Å². The second-order valence-electron chi connectivity index (χ2n) is 4.68. The first-order chi connectivity index (χ1) is 9.16. The molecule has 0 aliphatic rings. The second-order valence-corrected chi connectivity index (χ2v) is 4.68. The van der Waals surface area contributed by atoms with E-state index < -0.39 is 0 Å². The molecule has 0 spiro atoms. The first kappa shape index (κ1) is 13.4. The summed E-state index contributed by atoms with van der Waals surface area (Å²) < 4.78 is 5.84. The molecule has 4 nitrogen and oxygen atoms in total. The van der Waals surface area contributed by atoms with E-state index in [0.717, 1.165) is 23.6 Å². The monoisotopic (exact) mass is 257 g/mol. The zero-order chi connectivity index (χ0) is 13.7. The molecule has 2 aromatic rings. The van der Waals surface area contributed by atoms with Crippen molar-refractivity contribution in [3.63, 3.8) is 0 Å². The summed E-state index contributed by atoms with van der Waals surface area (Å²) in [5.41, 5.74) is 8.63. The molecular formula is C15H19N3O. The molecule has 0 atom stereocenters. The number of rotatable bonds is 5. The molecule has 0 amide bonds. The Bertz CT molecular complexity index is 526. The molecule has 0 bridgehead atoms. The Kier molecular flexibility index (Phi) is 4.36. The molecule has 0 aliphatic heterocycles. The molecule has 19 heavy (non-hydrogen) atoms. The van der Waals surface area contributed by atoms with Crippen molar-refractivity contribution in [1.82, 2.24) is 9.88 Å². The van der Waals surface area contributed by atoms with Crippen LogP contribution in [0.4, 0.5) is 5.69 Å². The second kappa shape index (κ2) is 6.20. The van der Waals surface area contributed by atoms with Crippen molar-refractivity contribution in [2.45, 2.75) is 13.2 Å². The van der Waals surface area contributed by atoms with Crippen LogP contribution in [0.3, 0.4) is 0 Å². The van der Waals surface area contributed by atoms with Gasteiger partial charge in [-0.2, -0.15) is 0 Å². The maximum atomic E-state index is 6.00. The van der Waals surface area contributed by atoms with E-state index in [1.54, 1.807) is 6.20 Å². The van der Waals surface area contributed by atoms with E-state index in [2.05, 4.69) is 9.88 Å². The Morgan fingerprint density at radius 2 is 2.00 bits per heavy atom. The number of hydrogen-bond acceptors (Lipinski definition) is 4. The molecule has 4 heteroatoms. The van der Waals surface area contributed by atoms with Gasteiger partial charge in [-0.25, -0.2) is 0 Å². The summed E-state index contributed by atoms with van der Waals surface area (Å²) in [6, 6.07) is 11.6. The van der Waals surface area contributed by atoms with Crippen molar-refractivity contribution < 1.29 is 4.74 Å². The van der Waals surface area contributed by atoms with Gasteiger partial charge in [-0.15, -0.1) is 0 Å². The number of ether oxygens (including phenoxy) is 1. The van der Waals surface area contributed by atoms with E-state index in [4.69, 9.17) is 10.5 Å². The lowest BCUT2D eigenvalue weighted by atomic mass is 10.1. The smallest absolute Gasteiger partial charge is 0.147 e. The molecule has 0 fully saturated rings. The van der Waals surface area contributed by atoms with E-state index in [1.807, 2.05) is 50.5 Å². The minimum Gasteiger partial charge on any atom is -0.485 e. The van der Waals surface area contributed by atoms with E-state index >= 15 is 0 Å². The molecule has 100 valence electrons. The van der Waals surface area contributed by atoms with Gasteiger partial charge in [0.05, 0.1) is 11.4 Å². The van der Waals surface area contributed by atoms with Crippen LogP contribution in [0.15, 0.2) is 42.6 Å². The largest absolute Gasteiger partial charge is 0.485 e. The maximum Gasteiger partial charge on any atom is 0.147 e. The minimum absolute atomic E-state index is 0.426. The Morgan fingerprint density at radius 3 is 2.68 bits per heavy atom. The van der Waals surface area contributed by atoms with E-state index in [9.17, 15) is 0 Å². The summed E-state index contributed by atoms with van der Waals surface area (Å²) in [6.45, 7) is 1.22. The van der Waals surface area contributed by atoms with Crippen LogP contribution in [0.1, 0.15) is 11.3 Å². The van der Waals surface area contributed by atoms with Crippen LogP contribution in [0.5, 0.6) is 5.75 Å². The van der Waals surface area contributed by atoms with Crippen molar-refractivity contribution in [3.8, 4) is 5.75 Å². The van der Waals surface area contributed by atoms with Gasteiger partial charge in [0.2, 0.25) is 0 Å². The third kappa shape index (κ3) is 3.69.